The number of aromatic hydroxyl groups is 4. The molecule has 22 heavy (non-hydrogen) atoms. The van der Waals surface area contributed by atoms with Gasteiger partial charge < -0.3 is 30.3 Å². The number of phenolic OH excluding ortho intramolecular Hbond substituents is 3. The Morgan fingerprint density at radius 3 is 2.23 bits per heavy atom. The number of carboxylic acids is 1. The van der Waals surface area contributed by atoms with Gasteiger partial charge in [-0.3, -0.25) is 5.41 Å². The number of phenols is 4. The Morgan fingerprint density at radius 2 is 1.64 bits per heavy atom. The second-order valence-corrected chi connectivity index (χ2v) is 4.28. The minimum absolute atomic E-state index is 0.0504. The molecule has 0 atom stereocenters. The Hall–Kier alpha value is -3.42. The van der Waals surface area contributed by atoms with Gasteiger partial charge in [0.2, 0.25) is 5.90 Å². The minimum Gasteiger partial charge on any atom is -0.508 e. The van der Waals surface area contributed by atoms with E-state index in [1.54, 1.807) is 0 Å². The maximum atomic E-state index is 11.1. The van der Waals surface area contributed by atoms with E-state index in [0.29, 0.717) is 0 Å². The number of benzene rings is 2. The van der Waals surface area contributed by atoms with Crippen molar-refractivity contribution in [1.29, 1.82) is 5.41 Å². The second kappa shape index (κ2) is 5.52. The van der Waals surface area contributed by atoms with Gasteiger partial charge in [-0.25, -0.2) is 4.79 Å². The lowest BCUT2D eigenvalue weighted by Crippen LogP contribution is -2.11. The highest BCUT2D eigenvalue weighted by Gasteiger charge is 2.20. The van der Waals surface area contributed by atoms with Gasteiger partial charge in [0, 0.05) is 17.7 Å². The zero-order chi connectivity index (χ0) is 16.4. The molecule has 0 saturated heterocycles. The van der Waals surface area contributed by atoms with Crippen LogP contribution in [0.15, 0.2) is 30.3 Å². The molecule has 0 spiro atoms. The van der Waals surface area contributed by atoms with Crippen LogP contribution in [0.3, 0.4) is 0 Å². The molecule has 0 aromatic heterocycles. The highest BCUT2D eigenvalue weighted by molar-refractivity contribution is 5.98. The number of carbonyl (C=O) groups is 1. The summed E-state index contributed by atoms with van der Waals surface area (Å²) >= 11 is 0. The summed E-state index contributed by atoms with van der Waals surface area (Å²) < 4.78 is 5.04. The molecule has 8 heteroatoms. The molecule has 0 aliphatic rings. The van der Waals surface area contributed by atoms with Crippen LogP contribution >= 0.6 is 0 Å². The highest BCUT2D eigenvalue weighted by atomic mass is 16.5. The van der Waals surface area contributed by atoms with Gasteiger partial charge in [0.05, 0.1) is 0 Å². The molecule has 0 aliphatic heterocycles. The van der Waals surface area contributed by atoms with E-state index in [2.05, 4.69) is 0 Å². The van der Waals surface area contributed by atoms with Gasteiger partial charge in [-0.1, -0.05) is 0 Å². The lowest BCUT2D eigenvalue weighted by Gasteiger charge is -2.11. The molecule has 2 aromatic rings. The van der Waals surface area contributed by atoms with E-state index < -0.39 is 46.2 Å². The molecular weight excluding hydrogens is 294 g/mol. The van der Waals surface area contributed by atoms with Crippen LogP contribution in [0.2, 0.25) is 0 Å². The number of hydrogen-bond acceptors (Lipinski definition) is 7. The third-order valence-corrected chi connectivity index (χ3v) is 2.73. The standard InChI is InChI=1S/C14H11NO7/c15-13(6-1-2-8(17)9(18)3-6)22-11-5-7(16)4-10(19)12(11)14(20)21/h1-5,15-19H,(H,20,21). The lowest BCUT2D eigenvalue weighted by molar-refractivity contribution is 0.0691. The maximum absolute atomic E-state index is 11.1. The summed E-state index contributed by atoms with van der Waals surface area (Å²) in [5.41, 5.74) is -0.569. The average molecular weight is 305 g/mol. The Kier molecular flexibility index (Phi) is 3.76. The van der Waals surface area contributed by atoms with Gasteiger partial charge in [-0.05, 0) is 18.2 Å². The molecule has 0 radical (unpaired) electrons. The van der Waals surface area contributed by atoms with Gasteiger partial charge >= 0.3 is 5.97 Å². The monoisotopic (exact) mass is 305 g/mol. The summed E-state index contributed by atoms with van der Waals surface area (Å²) in [5, 5.41) is 54.3. The molecular formula is C14H11NO7. The maximum Gasteiger partial charge on any atom is 0.343 e. The van der Waals surface area contributed by atoms with Crippen LogP contribution in [-0.4, -0.2) is 37.4 Å². The molecule has 2 aromatic carbocycles. The first-order valence-electron chi connectivity index (χ1n) is 5.87. The van der Waals surface area contributed by atoms with E-state index >= 15 is 0 Å². The van der Waals surface area contributed by atoms with Crippen molar-refractivity contribution >= 4 is 11.9 Å². The summed E-state index contributed by atoms with van der Waals surface area (Å²) in [7, 11) is 0. The molecule has 2 rings (SSSR count). The fourth-order valence-corrected chi connectivity index (χ4v) is 1.72. The van der Waals surface area contributed by atoms with Crippen molar-refractivity contribution in [2.45, 2.75) is 0 Å². The van der Waals surface area contributed by atoms with Crippen molar-refractivity contribution in [2.24, 2.45) is 0 Å². The van der Waals surface area contributed by atoms with Crippen molar-refractivity contribution in [3.05, 3.63) is 41.5 Å². The summed E-state index contributed by atoms with van der Waals surface area (Å²) in [6, 6.07) is 5.19. The van der Waals surface area contributed by atoms with E-state index in [9.17, 15) is 25.2 Å². The van der Waals surface area contributed by atoms with Crippen molar-refractivity contribution in [1.82, 2.24) is 0 Å². The molecule has 0 amide bonds. The van der Waals surface area contributed by atoms with E-state index in [4.69, 9.17) is 15.3 Å². The van der Waals surface area contributed by atoms with Crippen molar-refractivity contribution in [3.8, 4) is 28.7 Å². The van der Waals surface area contributed by atoms with Crippen molar-refractivity contribution in [2.75, 3.05) is 0 Å². The smallest absolute Gasteiger partial charge is 0.343 e. The van der Waals surface area contributed by atoms with Crippen molar-refractivity contribution < 1.29 is 35.1 Å². The second-order valence-electron chi connectivity index (χ2n) is 4.28. The third kappa shape index (κ3) is 2.85. The topological polar surface area (TPSA) is 151 Å². The fraction of sp³-hybridized carbons (Fsp3) is 0. The van der Waals surface area contributed by atoms with Crippen LogP contribution in [0.25, 0.3) is 0 Å². The molecule has 0 fully saturated rings. The van der Waals surface area contributed by atoms with Gasteiger partial charge in [0.15, 0.2) is 17.2 Å². The van der Waals surface area contributed by atoms with Gasteiger partial charge in [0.1, 0.15) is 17.1 Å². The lowest BCUT2D eigenvalue weighted by atomic mass is 10.1. The molecule has 0 aliphatic carbocycles. The number of aromatic carboxylic acids is 1. The van der Waals surface area contributed by atoms with Gasteiger partial charge in [0.25, 0.3) is 0 Å². The van der Waals surface area contributed by atoms with Crippen LogP contribution in [0, 0.1) is 5.41 Å². The number of nitrogens with one attached hydrogen (secondary N) is 1. The van der Waals surface area contributed by atoms with Crippen LogP contribution < -0.4 is 4.74 Å². The Labute approximate surface area is 123 Å². The molecule has 8 nitrogen and oxygen atoms in total. The van der Waals surface area contributed by atoms with Crippen LogP contribution in [0.4, 0.5) is 0 Å². The van der Waals surface area contributed by atoms with Gasteiger partial charge in [-0.2, -0.15) is 0 Å². The molecule has 0 unspecified atom stereocenters. The predicted molar refractivity (Wildman–Crippen MR) is 74.0 cm³/mol. The van der Waals surface area contributed by atoms with E-state index in [1.165, 1.54) is 6.07 Å². The number of hydrogen-bond donors (Lipinski definition) is 6. The summed E-state index contributed by atoms with van der Waals surface area (Å²) in [5.74, 6) is -4.54. The zero-order valence-electron chi connectivity index (χ0n) is 10.9. The Morgan fingerprint density at radius 1 is 0.955 bits per heavy atom. The minimum atomic E-state index is -1.51. The Balaban J connectivity index is 2.39. The van der Waals surface area contributed by atoms with Crippen LogP contribution in [0.1, 0.15) is 15.9 Å². The number of rotatable bonds is 3. The summed E-state index contributed by atoms with van der Waals surface area (Å²) in [4.78, 5) is 11.1. The average Bonchev–Trinajstić information content (AvgIpc) is 2.40. The molecule has 0 saturated carbocycles. The first kappa shape index (κ1) is 15.0. The molecule has 0 bridgehead atoms. The first-order valence-corrected chi connectivity index (χ1v) is 5.87. The Bertz CT molecular complexity index is 770. The van der Waals surface area contributed by atoms with E-state index in [0.717, 1.165) is 24.3 Å². The normalized spacial score (nSPS) is 10.2. The largest absolute Gasteiger partial charge is 0.508 e. The summed E-state index contributed by atoms with van der Waals surface area (Å²) in [6.07, 6.45) is 0. The first-order chi connectivity index (χ1) is 10.3. The zero-order valence-corrected chi connectivity index (χ0v) is 10.9. The summed E-state index contributed by atoms with van der Waals surface area (Å²) in [6.45, 7) is 0. The third-order valence-electron chi connectivity index (χ3n) is 2.73. The molecule has 114 valence electrons. The predicted octanol–water partition coefficient (Wildman–Crippen LogP) is 1.61. The number of carboxylic acid groups (broad SMARTS) is 1. The van der Waals surface area contributed by atoms with Crippen LogP contribution in [0.5, 0.6) is 28.7 Å². The van der Waals surface area contributed by atoms with Crippen LogP contribution in [-0.2, 0) is 0 Å². The van der Waals surface area contributed by atoms with E-state index in [1.807, 2.05) is 0 Å². The van der Waals surface area contributed by atoms with Gasteiger partial charge in [-0.15, -0.1) is 0 Å². The molecule has 6 N–H and O–H groups in total. The highest BCUT2D eigenvalue weighted by Crippen LogP contribution is 2.33. The molecule has 0 heterocycles. The van der Waals surface area contributed by atoms with E-state index in [-0.39, 0.29) is 5.56 Å². The van der Waals surface area contributed by atoms with Crippen molar-refractivity contribution in [3.63, 3.8) is 0 Å². The quantitative estimate of drug-likeness (QED) is 0.286. The number of ether oxygens (including phenoxy) is 1. The fourth-order valence-electron chi connectivity index (χ4n) is 1.72. The SMILES string of the molecule is N=C(Oc1cc(O)cc(O)c1C(=O)O)c1ccc(O)c(O)c1.